The molecule has 3 aromatic rings. The molecule has 6 nitrogen and oxygen atoms in total. The van der Waals surface area contributed by atoms with Crippen molar-refractivity contribution in [2.45, 2.75) is 32.4 Å². The quantitative estimate of drug-likeness (QED) is 0.560. The van der Waals surface area contributed by atoms with Gasteiger partial charge in [0.05, 0.1) is 17.9 Å². The average molecular weight is 450 g/mol. The summed E-state index contributed by atoms with van der Waals surface area (Å²) in [7, 11) is 0. The Balaban J connectivity index is 1.28. The summed E-state index contributed by atoms with van der Waals surface area (Å²) in [6.07, 6.45) is 3.25. The van der Waals surface area contributed by atoms with Crippen LogP contribution in [0.25, 0.3) is 11.3 Å². The standard InChI is InChI=1S/C26H28FN3O3/c1-2-33-25-14-18(6-9-24(25)31)17-30-12-10-22(11-13-30)29-26(32)20-7-8-23(28-16-20)19-4-3-5-21(27)15-19/h3-9,14-16,22,31H,2,10-13,17H2,1H3,(H,29,32). The minimum atomic E-state index is -0.317. The second-order valence-corrected chi connectivity index (χ2v) is 8.20. The summed E-state index contributed by atoms with van der Waals surface area (Å²) in [5.74, 6) is 0.198. The Morgan fingerprint density at radius 1 is 1.18 bits per heavy atom. The summed E-state index contributed by atoms with van der Waals surface area (Å²) in [5.41, 5.74) is 2.88. The first-order valence-electron chi connectivity index (χ1n) is 11.2. The van der Waals surface area contributed by atoms with E-state index in [0.29, 0.717) is 29.2 Å². The molecule has 0 atom stereocenters. The summed E-state index contributed by atoms with van der Waals surface area (Å²) in [5, 5.41) is 13.0. The number of aromatic nitrogens is 1. The second kappa shape index (κ2) is 10.4. The number of nitrogens with zero attached hydrogens (tertiary/aromatic N) is 2. The molecule has 1 aliphatic heterocycles. The Hall–Kier alpha value is -3.45. The van der Waals surface area contributed by atoms with E-state index < -0.39 is 0 Å². The number of hydrogen-bond donors (Lipinski definition) is 2. The van der Waals surface area contributed by atoms with Crippen molar-refractivity contribution < 1.29 is 19.0 Å². The van der Waals surface area contributed by atoms with Crippen molar-refractivity contribution in [3.8, 4) is 22.8 Å². The van der Waals surface area contributed by atoms with Crippen LogP contribution in [-0.2, 0) is 6.54 Å². The van der Waals surface area contributed by atoms with Gasteiger partial charge in [-0.25, -0.2) is 4.39 Å². The summed E-state index contributed by atoms with van der Waals surface area (Å²) >= 11 is 0. The van der Waals surface area contributed by atoms with E-state index in [9.17, 15) is 14.3 Å². The molecule has 0 spiro atoms. The number of ether oxygens (including phenoxy) is 1. The summed E-state index contributed by atoms with van der Waals surface area (Å²) in [6, 6.07) is 15.3. The number of aromatic hydroxyl groups is 1. The van der Waals surface area contributed by atoms with Gasteiger partial charge in [-0.2, -0.15) is 0 Å². The third kappa shape index (κ3) is 5.87. The van der Waals surface area contributed by atoms with E-state index in [1.807, 2.05) is 19.1 Å². The number of amides is 1. The zero-order valence-electron chi connectivity index (χ0n) is 18.6. The van der Waals surface area contributed by atoms with Crippen LogP contribution >= 0.6 is 0 Å². The van der Waals surface area contributed by atoms with Gasteiger partial charge >= 0.3 is 0 Å². The lowest BCUT2D eigenvalue weighted by Crippen LogP contribution is -2.44. The molecule has 2 aromatic carbocycles. The molecular weight excluding hydrogens is 421 g/mol. The molecule has 4 rings (SSSR count). The number of likely N-dealkylation sites (tertiary alicyclic amines) is 1. The number of rotatable bonds is 7. The minimum absolute atomic E-state index is 0.107. The largest absolute Gasteiger partial charge is 0.504 e. The third-order valence-corrected chi connectivity index (χ3v) is 5.80. The van der Waals surface area contributed by atoms with E-state index in [1.54, 1.807) is 30.3 Å². The number of piperidine rings is 1. The molecule has 2 N–H and O–H groups in total. The van der Waals surface area contributed by atoms with Crippen LogP contribution in [0.3, 0.4) is 0 Å². The monoisotopic (exact) mass is 449 g/mol. The molecule has 172 valence electrons. The van der Waals surface area contributed by atoms with Crippen molar-refractivity contribution in [2.75, 3.05) is 19.7 Å². The van der Waals surface area contributed by atoms with Crippen LogP contribution in [0.2, 0.25) is 0 Å². The number of pyridine rings is 1. The topological polar surface area (TPSA) is 74.7 Å². The van der Waals surface area contributed by atoms with Crippen molar-refractivity contribution in [3.63, 3.8) is 0 Å². The van der Waals surface area contributed by atoms with Crippen LogP contribution in [0, 0.1) is 5.82 Å². The van der Waals surface area contributed by atoms with E-state index in [4.69, 9.17) is 4.74 Å². The highest BCUT2D eigenvalue weighted by Crippen LogP contribution is 2.28. The Morgan fingerprint density at radius 3 is 2.70 bits per heavy atom. The Labute approximate surface area is 193 Å². The maximum Gasteiger partial charge on any atom is 0.253 e. The van der Waals surface area contributed by atoms with Crippen molar-refractivity contribution in [3.05, 3.63) is 77.7 Å². The molecule has 1 amide bonds. The summed E-state index contributed by atoms with van der Waals surface area (Å²) < 4.78 is 18.9. The zero-order chi connectivity index (χ0) is 23.2. The second-order valence-electron chi connectivity index (χ2n) is 8.20. The number of halogens is 1. The Morgan fingerprint density at radius 2 is 2.00 bits per heavy atom. The molecule has 2 heterocycles. The van der Waals surface area contributed by atoms with E-state index >= 15 is 0 Å². The van der Waals surface area contributed by atoms with Gasteiger partial charge < -0.3 is 15.2 Å². The minimum Gasteiger partial charge on any atom is -0.504 e. The number of nitrogens with one attached hydrogen (secondary N) is 1. The first kappa shape index (κ1) is 22.7. The highest BCUT2D eigenvalue weighted by atomic mass is 19.1. The molecule has 1 aromatic heterocycles. The first-order valence-corrected chi connectivity index (χ1v) is 11.2. The third-order valence-electron chi connectivity index (χ3n) is 5.80. The van der Waals surface area contributed by atoms with Gasteiger partial charge in [0.15, 0.2) is 11.5 Å². The molecule has 1 saturated heterocycles. The number of phenolic OH excluding ortho intramolecular Hbond substituents is 1. The van der Waals surface area contributed by atoms with Crippen LogP contribution in [-0.4, -0.2) is 46.6 Å². The normalized spacial score (nSPS) is 14.7. The van der Waals surface area contributed by atoms with E-state index in [1.165, 1.54) is 18.3 Å². The van der Waals surface area contributed by atoms with Crippen molar-refractivity contribution in [2.24, 2.45) is 0 Å². The SMILES string of the molecule is CCOc1cc(CN2CCC(NC(=O)c3ccc(-c4cccc(F)c4)nc3)CC2)ccc1O. The number of carbonyl (C=O) groups excluding carboxylic acids is 1. The Bertz CT molecular complexity index is 1100. The van der Waals surface area contributed by atoms with Gasteiger partial charge in [-0.15, -0.1) is 0 Å². The number of benzene rings is 2. The predicted molar refractivity (Wildman–Crippen MR) is 125 cm³/mol. The van der Waals surface area contributed by atoms with Gasteiger partial charge in [0.25, 0.3) is 5.91 Å². The van der Waals surface area contributed by atoms with Crippen molar-refractivity contribution in [1.82, 2.24) is 15.2 Å². The van der Waals surface area contributed by atoms with Crippen LogP contribution in [0.15, 0.2) is 60.8 Å². The maximum atomic E-state index is 13.4. The molecule has 33 heavy (non-hydrogen) atoms. The molecule has 1 aliphatic rings. The van der Waals surface area contributed by atoms with E-state index in [2.05, 4.69) is 15.2 Å². The lowest BCUT2D eigenvalue weighted by atomic mass is 10.0. The molecular formula is C26H28FN3O3. The molecule has 0 saturated carbocycles. The fourth-order valence-electron chi connectivity index (χ4n) is 4.04. The molecule has 0 bridgehead atoms. The highest BCUT2D eigenvalue weighted by Gasteiger charge is 2.21. The van der Waals surface area contributed by atoms with Gasteiger partial charge in [0, 0.05) is 37.4 Å². The van der Waals surface area contributed by atoms with Crippen molar-refractivity contribution in [1.29, 1.82) is 0 Å². The molecule has 1 fully saturated rings. The van der Waals surface area contributed by atoms with E-state index in [0.717, 1.165) is 38.0 Å². The van der Waals surface area contributed by atoms with Crippen LogP contribution in [0.1, 0.15) is 35.7 Å². The van der Waals surface area contributed by atoms with Crippen molar-refractivity contribution >= 4 is 5.91 Å². The van der Waals surface area contributed by atoms with Gasteiger partial charge in [0.1, 0.15) is 5.82 Å². The molecule has 0 aliphatic carbocycles. The summed E-state index contributed by atoms with van der Waals surface area (Å²) in [4.78, 5) is 19.3. The summed E-state index contributed by atoms with van der Waals surface area (Å²) in [6.45, 7) is 4.90. The molecule has 0 radical (unpaired) electrons. The molecule has 7 heteroatoms. The van der Waals surface area contributed by atoms with Crippen LogP contribution < -0.4 is 10.1 Å². The van der Waals surface area contributed by atoms with Gasteiger partial charge in [-0.05, 0) is 61.7 Å². The van der Waals surface area contributed by atoms with Gasteiger partial charge in [-0.1, -0.05) is 18.2 Å². The first-order chi connectivity index (χ1) is 16.0. The molecule has 0 unspecified atom stereocenters. The smallest absolute Gasteiger partial charge is 0.253 e. The predicted octanol–water partition coefficient (Wildman–Crippen LogP) is 4.39. The maximum absolute atomic E-state index is 13.4. The fourth-order valence-corrected chi connectivity index (χ4v) is 4.04. The number of hydrogen-bond acceptors (Lipinski definition) is 5. The number of carbonyl (C=O) groups is 1. The fraction of sp³-hybridized carbons (Fsp3) is 0.308. The van der Waals surface area contributed by atoms with Gasteiger partial charge in [-0.3, -0.25) is 14.7 Å². The van der Waals surface area contributed by atoms with E-state index in [-0.39, 0.29) is 23.5 Å². The highest BCUT2D eigenvalue weighted by molar-refractivity contribution is 5.94. The van der Waals surface area contributed by atoms with Crippen LogP contribution in [0.4, 0.5) is 4.39 Å². The average Bonchev–Trinajstić information content (AvgIpc) is 2.83. The lowest BCUT2D eigenvalue weighted by Gasteiger charge is -2.32. The number of phenols is 1. The van der Waals surface area contributed by atoms with Gasteiger partial charge in [0.2, 0.25) is 0 Å². The zero-order valence-corrected chi connectivity index (χ0v) is 18.6. The van der Waals surface area contributed by atoms with Crippen LogP contribution in [0.5, 0.6) is 11.5 Å². The Kier molecular flexibility index (Phi) is 7.19. The lowest BCUT2D eigenvalue weighted by molar-refractivity contribution is 0.0908.